The van der Waals surface area contributed by atoms with Crippen LogP contribution in [0.5, 0.6) is 0 Å². The topological polar surface area (TPSA) is 64.4 Å². The molecule has 0 spiro atoms. The third-order valence-corrected chi connectivity index (χ3v) is 2.06. The van der Waals surface area contributed by atoms with Crippen LogP contribution in [-0.2, 0) is 0 Å². The van der Waals surface area contributed by atoms with Crippen LogP contribution in [0.4, 0.5) is 0 Å². The highest BCUT2D eigenvalue weighted by molar-refractivity contribution is 5.75. The van der Waals surface area contributed by atoms with Crippen LogP contribution < -0.4 is 11.5 Å². The molecule has 0 aromatic heterocycles. The van der Waals surface area contributed by atoms with E-state index in [1.165, 1.54) is 19.3 Å². The quantitative estimate of drug-likeness (QED) is 0.442. The molecule has 4 N–H and O–H groups in total. The maximum atomic E-state index is 5.17. The van der Waals surface area contributed by atoms with Crippen molar-refractivity contribution in [2.45, 2.75) is 25.7 Å². The minimum absolute atomic E-state index is 0.222. The van der Waals surface area contributed by atoms with Crippen LogP contribution in [0.25, 0.3) is 0 Å². The molecule has 3 nitrogen and oxygen atoms in total. The molecule has 0 unspecified atom stereocenters. The monoisotopic (exact) mass is 141 g/mol. The predicted molar refractivity (Wildman–Crippen MR) is 42.6 cm³/mol. The summed E-state index contributed by atoms with van der Waals surface area (Å²) in [6.07, 6.45) is 5.31. The van der Waals surface area contributed by atoms with Gasteiger partial charge < -0.3 is 11.5 Å². The fourth-order valence-electron chi connectivity index (χ4n) is 1.16. The highest BCUT2D eigenvalue weighted by Gasteiger charge is 2.15. The highest BCUT2D eigenvalue weighted by Crippen LogP contribution is 2.28. The number of hydrogen-bond donors (Lipinski definition) is 2. The fourth-order valence-corrected chi connectivity index (χ4v) is 1.16. The number of rotatable bonds is 3. The van der Waals surface area contributed by atoms with Crippen LogP contribution in [0.15, 0.2) is 4.99 Å². The van der Waals surface area contributed by atoms with E-state index in [9.17, 15) is 0 Å². The molecule has 0 aliphatic heterocycles. The number of nitrogens with two attached hydrogens (primary N) is 2. The Kier molecular flexibility index (Phi) is 2.54. The minimum Gasteiger partial charge on any atom is -0.370 e. The molecule has 1 aliphatic carbocycles. The second-order valence-corrected chi connectivity index (χ2v) is 2.89. The number of nitrogens with zero attached hydrogens (tertiary/aromatic N) is 1. The second kappa shape index (κ2) is 3.44. The Hall–Kier alpha value is -0.730. The van der Waals surface area contributed by atoms with Gasteiger partial charge in [0.25, 0.3) is 0 Å². The summed E-state index contributed by atoms with van der Waals surface area (Å²) in [5.41, 5.74) is 10.3. The molecule has 0 atom stereocenters. The zero-order chi connectivity index (χ0) is 7.40. The molecule has 3 heteroatoms. The minimum atomic E-state index is 0.222. The van der Waals surface area contributed by atoms with E-state index in [1.54, 1.807) is 0 Å². The molecule has 10 heavy (non-hydrogen) atoms. The molecule has 1 saturated carbocycles. The van der Waals surface area contributed by atoms with E-state index < -0.39 is 0 Å². The van der Waals surface area contributed by atoms with Crippen molar-refractivity contribution < 1.29 is 0 Å². The second-order valence-electron chi connectivity index (χ2n) is 2.89. The number of aliphatic imine (C=N–C) groups is 1. The number of guanidine groups is 1. The summed E-state index contributed by atoms with van der Waals surface area (Å²) in [5.74, 6) is 1.13. The van der Waals surface area contributed by atoms with Crippen LogP contribution in [0.3, 0.4) is 0 Å². The van der Waals surface area contributed by atoms with Gasteiger partial charge in [0.2, 0.25) is 0 Å². The Labute approximate surface area is 61.5 Å². The molecule has 58 valence electrons. The molecule has 1 rings (SSSR count). The normalized spacial score (nSPS) is 18.0. The first kappa shape index (κ1) is 7.38. The Balaban J connectivity index is 1.99. The van der Waals surface area contributed by atoms with Crippen molar-refractivity contribution in [2.75, 3.05) is 6.54 Å². The van der Waals surface area contributed by atoms with E-state index in [0.717, 1.165) is 18.9 Å². The van der Waals surface area contributed by atoms with Crippen LogP contribution in [0.1, 0.15) is 25.7 Å². The standard InChI is InChI=1S/C7H15N3/c8-7(9)10-5-4-6-2-1-3-6/h6H,1-5H2,(H4,8,9,10). The van der Waals surface area contributed by atoms with Gasteiger partial charge in [0.15, 0.2) is 5.96 Å². The molecule has 0 saturated heterocycles. The van der Waals surface area contributed by atoms with E-state index in [2.05, 4.69) is 4.99 Å². The van der Waals surface area contributed by atoms with E-state index >= 15 is 0 Å². The van der Waals surface area contributed by atoms with Crippen molar-refractivity contribution in [2.24, 2.45) is 22.4 Å². The summed E-state index contributed by atoms with van der Waals surface area (Å²) in [6.45, 7) is 0.812. The lowest BCUT2D eigenvalue weighted by Gasteiger charge is -2.24. The Morgan fingerprint density at radius 2 is 2.10 bits per heavy atom. The summed E-state index contributed by atoms with van der Waals surface area (Å²) in [4.78, 5) is 3.92. The third kappa shape index (κ3) is 2.25. The summed E-state index contributed by atoms with van der Waals surface area (Å²) < 4.78 is 0. The average Bonchev–Trinajstić information content (AvgIpc) is 1.75. The predicted octanol–water partition coefficient (Wildman–Crippen LogP) is 0.450. The largest absolute Gasteiger partial charge is 0.370 e. The molecular formula is C7H15N3. The zero-order valence-electron chi connectivity index (χ0n) is 6.21. The van der Waals surface area contributed by atoms with Gasteiger partial charge in [0.05, 0.1) is 0 Å². The first-order valence-corrected chi connectivity index (χ1v) is 3.84. The molecule has 0 amide bonds. The Morgan fingerprint density at radius 1 is 1.40 bits per heavy atom. The smallest absolute Gasteiger partial charge is 0.185 e. The van der Waals surface area contributed by atoms with Gasteiger partial charge in [-0.15, -0.1) is 0 Å². The first-order valence-electron chi connectivity index (χ1n) is 3.84. The first-order chi connectivity index (χ1) is 4.79. The summed E-state index contributed by atoms with van der Waals surface area (Å²) in [7, 11) is 0. The molecule has 1 aliphatic rings. The lowest BCUT2D eigenvalue weighted by Crippen LogP contribution is -2.23. The summed E-state index contributed by atoms with van der Waals surface area (Å²) in [5, 5.41) is 0. The maximum absolute atomic E-state index is 5.17. The third-order valence-electron chi connectivity index (χ3n) is 2.06. The fraction of sp³-hybridized carbons (Fsp3) is 0.857. The van der Waals surface area contributed by atoms with Gasteiger partial charge in [-0.3, -0.25) is 4.99 Å². The summed E-state index contributed by atoms with van der Waals surface area (Å²) >= 11 is 0. The molecule has 0 aromatic carbocycles. The Morgan fingerprint density at radius 3 is 2.50 bits per heavy atom. The van der Waals surface area contributed by atoms with Gasteiger partial charge >= 0.3 is 0 Å². The average molecular weight is 141 g/mol. The SMILES string of the molecule is NC(N)=NCCC1CCC1. The van der Waals surface area contributed by atoms with Crippen molar-refractivity contribution in [3.8, 4) is 0 Å². The van der Waals surface area contributed by atoms with Crippen molar-refractivity contribution in [1.82, 2.24) is 0 Å². The molecule has 0 bridgehead atoms. The molecule has 1 fully saturated rings. The van der Waals surface area contributed by atoms with Crippen molar-refractivity contribution in [3.05, 3.63) is 0 Å². The van der Waals surface area contributed by atoms with Crippen LogP contribution in [-0.4, -0.2) is 12.5 Å². The Bertz CT molecular complexity index is 123. The highest BCUT2D eigenvalue weighted by atomic mass is 15.0. The van der Waals surface area contributed by atoms with E-state index in [1.807, 2.05) is 0 Å². The molecular weight excluding hydrogens is 126 g/mol. The van der Waals surface area contributed by atoms with Gasteiger partial charge in [-0.2, -0.15) is 0 Å². The van der Waals surface area contributed by atoms with Gasteiger partial charge in [0, 0.05) is 6.54 Å². The molecule has 0 aromatic rings. The van der Waals surface area contributed by atoms with Crippen molar-refractivity contribution in [1.29, 1.82) is 0 Å². The number of hydrogen-bond acceptors (Lipinski definition) is 1. The van der Waals surface area contributed by atoms with Crippen LogP contribution in [0.2, 0.25) is 0 Å². The molecule has 0 radical (unpaired) electrons. The van der Waals surface area contributed by atoms with Gasteiger partial charge in [0.1, 0.15) is 0 Å². The van der Waals surface area contributed by atoms with E-state index in [-0.39, 0.29) is 5.96 Å². The van der Waals surface area contributed by atoms with Crippen molar-refractivity contribution >= 4 is 5.96 Å². The van der Waals surface area contributed by atoms with E-state index in [4.69, 9.17) is 11.5 Å². The van der Waals surface area contributed by atoms with Gasteiger partial charge in [-0.05, 0) is 12.3 Å². The lowest BCUT2D eigenvalue weighted by molar-refractivity contribution is 0.300. The lowest BCUT2D eigenvalue weighted by atomic mass is 9.83. The summed E-state index contributed by atoms with van der Waals surface area (Å²) in [6, 6.07) is 0. The van der Waals surface area contributed by atoms with Gasteiger partial charge in [-0.1, -0.05) is 19.3 Å². The zero-order valence-corrected chi connectivity index (χ0v) is 6.21. The maximum Gasteiger partial charge on any atom is 0.185 e. The van der Waals surface area contributed by atoms with E-state index in [0.29, 0.717) is 0 Å². The van der Waals surface area contributed by atoms with Crippen molar-refractivity contribution in [3.63, 3.8) is 0 Å². The van der Waals surface area contributed by atoms with Crippen LogP contribution in [0, 0.1) is 5.92 Å². The van der Waals surface area contributed by atoms with Crippen LogP contribution >= 0.6 is 0 Å². The molecule has 0 heterocycles. The van der Waals surface area contributed by atoms with Gasteiger partial charge in [-0.25, -0.2) is 0 Å².